The minimum atomic E-state index is 0.00780. The molecule has 0 unspecified atom stereocenters. The molecule has 1 N–H and O–H groups in total. The molecular weight excluding hydrogens is 294 g/mol. The van der Waals surface area contributed by atoms with Gasteiger partial charge in [0.15, 0.2) is 5.78 Å². The Hall–Kier alpha value is -2.80. The van der Waals surface area contributed by atoms with Gasteiger partial charge in [0.25, 0.3) is 0 Å². The number of ketones is 1. The summed E-state index contributed by atoms with van der Waals surface area (Å²) in [7, 11) is 1.64. The van der Waals surface area contributed by atoms with Crippen molar-refractivity contribution in [1.82, 2.24) is 19.5 Å². The molecule has 2 aromatic heterocycles. The number of methoxy groups -OCH3 is 1. The Bertz CT molecular complexity index is 830. The lowest BCUT2D eigenvalue weighted by Gasteiger charge is -2.11. The molecule has 0 radical (unpaired) electrons. The van der Waals surface area contributed by atoms with Crippen molar-refractivity contribution in [3.63, 3.8) is 0 Å². The normalized spacial score (nSPS) is 10.9. The van der Waals surface area contributed by atoms with Crippen LogP contribution < -0.4 is 5.32 Å². The fourth-order valence-electron chi connectivity index (χ4n) is 2.23. The Morgan fingerprint density at radius 1 is 1.35 bits per heavy atom. The SMILES string of the molecule is COCCNc1nc(-n2ccnc2)nc2ccc(C(C)=O)cc12. The van der Waals surface area contributed by atoms with Crippen LogP contribution in [0.5, 0.6) is 0 Å². The van der Waals surface area contributed by atoms with Crippen LogP contribution in [0, 0.1) is 0 Å². The van der Waals surface area contributed by atoms with Crippen LogP contribution >= 0.6 is 0 Å². The van der Waals surface area contributed by atoms with Crippen molar-refractivity contribution >= 4 is 22.5 Å². The largest absolute Gasteiger partial charge is 0.383 e. The molecule has 0 saturated carbocycles. The molecule has 23 heavy (non-hydrogen) atoms. The molecule has 0 bridgehead atoms. The van der Waals surface area contributed by atoms with Crippen LogP contribution in [0.3, 0.4) is 0 Å². The molecule has 2 heterocycles. The lowest BCUT2D eigenvalue weighted by molar-refractivity contribution is 0.101. The number of imidazole rings is 1. The molecule has 0 aliphatic carbocycles. The summed E-state index contributed by atoms with van der Waals surface area (Å²) in [6, 6.07) is 5.41. The van der Waals surface area contributed by atoms with E-state index < -0.39 is 0 Å². The molecule has 0 aliphatic heterocycles. The van der Waals surface area contributed by atoms with Crippen molar-refractivity contribution < 1.29 is 9.53 Å². The highest BCUT2D eigenvalue weighted by atomic mass is 16.5. The van der Waals surface area contributed by atoms with E-state index in [9.17, 15) is 4.79 Å². The Kier molecular flexibility index (Phi) is 4.29. The lowest BCUT2D eigenvalue weighted by atomic mass is 10.1. The first-order valence-electron chi connectivity index (χ1n) is 7.23. The highest BCUT2D eigenvalue weighted by molar-refractivity contribution is 6.00. The van der Waals surface area contributed by atoms with Gasteiger partial charge in [0.1, 0.15) is 12.1 Å². The van der Waals surface area contributed by atoms with Crippen molar-refractivity contribution in [2.45, 2.75) is 6.92 Å². The Morgan fingerprint density at radius 2 is 2.22 bits per heavy atom. The van der Waals surface area contributed by atoms with Gasteiger partial charge in [0.2, 0.25) is 5.95 Å². The predicted molar refractivity (Wildman–Crippen MR) is 87.0 cm³/mol. The van der Waals surface area contributed by atoms with Gasteiger partial charge < -0.3 is 10.1 Å². The molecule has 7 heteroatoms. The summed E-state index contributed by atoms with van der Waals surface area (Å²) in [5, 5.41) is 4.04. The van der Waals surface area contributed by atoms with Crippen LogP contribution in [-0.4, -0.2) is 45.6 Å². The van der Waals surface area contributed by atoms with Crippen molar-refractivity contribution in [3.8, 4) is 5.95 Å². The van der Waals surface area contributed by atoms with Crippen LogP contribution in [-0.2, 0) is 4.74 Å². The molecule has 3 rings (SSSR count). The zero-order chi connectivity index (χ0) is 16.2. The average molecular weight is 311 g/mol. The van der Waals surface area contributed by atoms with E-state index in [2.05, 4.69) is 20.3 Å². The van der Waals surface area contributed by atoms with Gasteiger partial charge in [-0.05, 0) is 25.1 Å². The second kappa shape index (κ2) is 6.53. The van der Waals surface area contributed by atoms with E-state index >= 15 is 0 Å². The van der Waals surface area contributed by atoms with Gasteiger partial charge in [-0.2, -0.15) is 4.98 Å². The number of rotatable bonds is 6. The number of anilines is 1. The average Bonchev–Trinajstić information content (AvgIpc) is 3.08. The van der Waals surface area contributed by atoms with Crippen molar-refractivity contribution in [2.24, 2.45) is 0 Å². The third kappa shape index (κ3) is 3.19. The maximum atomic E-state index is 11.6. The first kappa shape index (κ1) is 15.1. The van der Waals surface area contributed by atoms with E-state index in [-0.39, 0.29) is 5.78 Å². The fourth-order valence-corrected chi connectivity index (χ4v) is 2.23. The number of hydrogen-bond donors (Lipinski definition) is 1. The smallest absolute Gasteiger partial charge is 0.237 e. The van der Waals surface area contributed by atoms with E-state index in [1.165, 1.54) is 0 Å². The van der Waals surface area contributed by atoms with E-state index in [4.69, 9.17) is 4.74 Å². The standard InChI is InChI=1S/C16H17N5O2/c1-11(22)12-3-4-14-13(9-12)15(18-6-8-23-2)20-16(19-14)21-7-5-17-10-21/h3-5,7,9-10H,6,8H2,1-2H3,(H,18,19,20). The maximum absolute atomic E-state index is 11.6. The van der Waals surface area contributed by atoms with Gasteiger partial charge in [-0.1, -0.05) is 0 Å². The minimum Gasteiger partial charge on any atom is -0.383 e. The first-order valence-corrected chi connectivity index (χ1v) is 7.23. The fraction of sp³-hybridized carbons (Fsp3) is 0.250. The van der Waals surface area contributed by atoms with Gasteiger partial charge in [-0.25, -0.2) is 9.97 Å². The Balaban J connectivity index is 2.11. The molecule has 3 aromatic rings. The summed E-state index contributed by atoms with van der Waals surface area (Å²) in [6.07, 6.45) is 5.10. The van der Waals surface area contributed by atoms with E-state index in [1.54, 1.807) is 43.4 Å². The van der Waals surface area contributed by atoms with E-state index in [0.29, 0.717) is 30.5 Å². The highest BCUT2D eigenvalue weighted by Gasteiger charge is 2.11. The molecule has 0 fully saturated rings. The molecule has 0 aliphatic rings. The number of ether oxygens (including phenoxy) is 1. The Morgan fingerprint density at radius 3 is 2.91 bits per heavy atom. The van der Waals surface area contributed by atoms with E-state index in [1.807, 2.05) is 12.1 Å². The third-order valence-electron chi connectivity index (χ3n) is 3.42. The van der Waals surface area contributed by atoms with Gasteiger partial charge >= 0.3 is 0 Å². The first-order chi connectivity index (χ1) is 11.2. The number of hydrogen-bond acceptors (Lipinski definition) is 6. The second-order valence-electron chi connectivity index (χ2n) is 5.05. The summed E-state index contributed by atoms with van der Waals surface area (Å²) in [5.41, 5.74) is 1.39. The number of benzene rings is 1. The summed E-state index contributed by atoms with van der Waals surface area (Å²) in [6.45, 7) is 2.70. The summed E-state index contributed by atoms with van der Waals surface area (Å²) in [5.74, 6) is 1.19. The summed E-state index contributed by atoms with van der Waals surface area (Å²) in [4.78, 5) is 24.7. The van der Waals surface area contributed by atoms with Crippen molar-refractivity contribution in [1.29, 1.82) is 0 Å². The van der Waals surface area contributed by atoms with Gasteiger partial charge in [-0.3, -0.25) is 9.36 Å². The van der Waals surface area contributed by atoms with E-state index in [0.717, 1.165) is 10.9 Å². The van der Waals surface area contributed by atoms with Crippen molar-refractivity contribution in [2.75, 3.05) is 25.6 Å². The molecule has 0 saturated heterocycles. The van der Waals surface area contributed by atoms with Gasteiger partial charge in [-0.15, -0.1) is 0 Å². The number of carbonyl (C=O) groups excluding carboxylic acids is 1. The number of carbonyl (C=O) groups is 1. The van der Waals surface area contributed by atoms with Crippen LogP contribution in [0.25, 0.3) is 16.9 Å². The number of nitrogens with one attached hydrogen (secondary N) is 1. The number of aromatic nitrogens is 4. The Labute approximate surface area is 133 Å². The number of Topliss-reactive ketones (excluding diaryl/α,β-unsaturated/α-hetero) is 1. The lowest BCUT2D eigenvalue weighted by Crippen LogP contribution is -2.11. The molecule has 7 nitrogen and oxygen atoms in total. The molecule has 0 amide bonds. The van der Waals surface area contributed by atoms with Crippen LogP contribution in [0.1, 0.15) is 17.3 Å². The summed E-state index contributed by atoms with van der Waals surface area (Å²) >= 11 is 0. The molecule has 1 aromatic carbocycles. The van der Waals surface area contributed by atoms with Gasteiger partial charge in [0.05, 0.1) is 12.1 Å². The second-order valence-corrected chi connectivity index (χ2v) is 5.05. The molecule has 118 valence electrons. The van der Waals surface area contributed by atoms with Crippen LogP contribution in [0.2, 0.25) is 0 Å². The van der Waals surface area contributed by atoms with Crippen LogP contribution in [0.4, 0.5) is 5.82 Å². The van der Waals surface area contributed by atoms with Crippen molar-refractivity contribution in [3.05, 3.63) is 42.5 Å². The van der Waals surface area contributed by atoms with Crippen LogP contribution in [0.15, 0.2) is 36.9 Å². The van der Waals surface area contributed by atoms with Gasteiger partial charge in [0, 0.05) is 37.0 Å². The number of nitrogens with zero attached hydrogens (tertiary/aromatic N) is 4. The monoisotopic (exact) mass is 311 g/mol. The highest BCUT2D eigenvalue weighted by Crippen LogP contribution is 2.23. The predicted octanol–water partition coefficient (Wildman–Crippen LogP) is 2.08. The summed E-state index contributed by atoms with van der Waals surface area (Å²) < 4.78 is 6.80. The zero-order valence-electron chi connectivity index (χ0n) is 13.0. The maximum Gasteiger partial charge on any atom is 0.237 e. The number of fused-ring (bicyclic) bond motifs is 1. The third-order valence-corrected chi connectivity index (χ3v) is 3.42. The molecule has 0 atom stereocenters. The molecule has 0 spiro atoms. The quantitative estimate of drug-likeness (QED) is 0.554. The topological polar surface area (TPSA) is 81.9 Å². The zero-order valence-corrected chi connectivity index (χ0v) is 13.0. The minimum absolute atomic E-state index is 0.00780. The molecular formula is C16H17N5O2.